The quantitative estimate of drug-likeness (QED) is 0.122. The lowest BCUT2D eigenvalue weighted by molar-refractivity contribution is -0.935. The normalized spacial score (nSPS) is 13.8. The van der Waals surface area contributed by atoms with Gasteiger partial charge in [0.1, 0.15) is 37.7 Å². The van der Waals surface area contributed by atoms with E-state index in [4.69, 9.17) is 9.47 Å². The number of benzene rings is 2. The van der Waals surface area contributed by atoms with E-state index >= 15 is 0 Å². The van der Waals surface area contributed by atoms with Crippen LogP contribution >= 0.6 is 0 Å². The summed E-state index contributed by atoms with van der Waals surface area (Å²) < 4.78 is 12.2. The summed E-state index contributed by atoms with van der Waals surface area (Å²) in [7, 11) is 10.8. The van der Waals surface area contributed by atoms with Gasteiger partial charge in [-0.1, -0.05) is 37.1 Å². The van der Waals surface area contributed by atoms with E-state index in [0.29, 0.717) is 59.5 Å². The third-order valence-corrected chi connectivity index (χ3v) is 9.36. The second-order valence-corrected chi connectivity index (χ2v) is 14.5. The van der Waals surface area contributed by atoms with E-state index < -0.39 is 12.2 Å². The fourth-order valence-corrected chi connectivity index (χ4v) is 5.42. The summed E-state index contributed by atoms with van der Waals surface area (Å²) in [6, 6.07) is 15.4. The van der Waals surface area contributed by atoms with Crippen LogP contribution in [-0.4, -0.2) is 110 Å². The summed E-state index contributed by atoms with van der Waals surface area (Å²) >= 11 is 0. The summed E-state index contributed by atoms with van der Waals surface area (Å²) in [6.45, 7) is 10.4. The minimum absolute atomic E-state index is 0.189. The average molecular weight is 669 g/mol. The van der Waals surface area contributed by atoms with Crippen molar-refractivity contribution in [2.45, 2.75) is 91.4 Å². The van der Waals surface area contributed by atoms with Crippen LogP contribution in [0.2, 0.25) is 0 Å². The zero-order valence-electron chi connectivity index (χ0n) is 31.1. The first-order valence-corrected chi connectivity index (χ1v) is 17.1. The van der Waals surface area contributed by atoms with Crippen molar-refractivity contribution in [3.63, 3.8) is 0 Å². The van der Waals surface area contributed by atoms with Crippen molar-refractivity contribution in [2.24, 2.45) is 0 Å². The van der Waals surface area contributed by atoms with Crippen LogP contribution in [0.1, 0.15) is 77.3 Å². The van der Waals surface area contributed by atoms with E-state index in [0.717, 1.165) is 36.8 Å². The number of carbonyl (C=O) groups excluding carboxylic acids is 4. The number of quaternary nitrogens is 2. The molecule has 0 spiro atoms. The third-order valence-electron chi connectivity index (χ3n) is 9.36. The standard InChI is InChI=1S/C38H60N4O6/c1-29(2)41(9,25-31-19-15-17-23-35(31)47-37(45)39(5)6)27-33(43)21-13-11-12-14-22-34(44)28-42(10,30(3)4)26-32-20-16-18-24-36(32)48-38(46)40(7)8/h15-20,23-24,29-30H,11-14,21-22,25-28H2,1-10H3/q+2. The van der Waals surface area contributed by atoms with Crippen LogP contribution in [-0.2, 0) is 22.7 Å². The largest absolute Gasteiger partial charge is 0.414 e. The van der Waals surface area contributed by atoms with Gasteiger partial charge in [-0.2, -0.15) is 0 Å². The van der Waals surface area contributed by atoms with Gasteiger partial charge >= 0.3 is 12.2 Å². The molecule has 0 aliphatic heterocycles. The number of likely N-dealkylation sites (N-methyl/N-ethyl adjacent to an activating group) is 2. The average Bonchev–Trinajstić information content (AvgIpc) is 3.00. The molecule has 0 radical (unpaired) electrons. The number of carbonyl (C=O) groups is 4. The molecule has 0 heterocycles. The predicted molar refractivity (Wildman–Crippen MR) is 190 cm³/mol. The minimum atomic E-state index is -0.433. The number of rotatable bonds is 19. The third kappa shape index (κ3) is 12.7. The van der Waals surface area contributed by atoms with Crippen LogP contribution in [0.3, 0.4) is 0 Å². The minimum Gasteiger partial charge on any atom is -0.410 e. The molecule has 2 atom stereocenters. The summed E-state index contributed by atoms with van der Waals surface area (Å²) in [6.07, 6.45) is 3.53. The second-order valence-electron chi connectivity index (χ2n) is 14.5. The van der Waals surface area contributed by atoms with Crippen molar-refractivity contribution in [2.75, 3.05) is 55.4 Å². The molecule has 2 rings (SSSR count). The molecule has 10 heteroatoms. The summed E-state index contributed by atoms with van der Waals surface area (Å²) in [4.78, 5) is 53.5. The zero-order valence-corrected chi connectivity index (χ0v) is 31.1. The highest BCUT2D eigenvalue weighted by Gasteiger charge is 2.32. The molecule has 0 aliphatic carbocycles. The van der Waals surface area contributed by atoms with Crippen LogP contribution in [0.5, 0.6) is 11.5 Å². The number of para-hydroxylation sites is 2. The molecule has 0 aromatic heterocycles. The first-order chi connectivity index (χ1) is 22.5. The Kier molecular flexibility index (Phi) is 15.7. The first-order valence-electron chi connectivity index (χ1n) is 17.1. The van der Waals surface area contributed by atoms with Gasteiger partial charge in [-0.3, -0.25) is 9.59 Å². The number of ketones is 2. The van der Waals surface area contributed by atoms with E-state index in [1.807, 2.05) is 36.4 Å². The van der Waals surface area contributed by atoms with Gasteiger partial charge in [-0.05, 0) is 64.8 Å². The van der Waals surface area contributed by atoms with Crippen molar-refractivity contribution in [1.29, 1.82) is 0 Å². The molecular weight excluding hydrogens is 608 g/mol. The predicted octanol–water partition coefficient (Wildman–Crippen LogP) is 6.70. The van der Waals surface area contributed by atoms with Gasteiger partial charge in [0.25, 0.3) is 0 Å². The maximum atomic E-state index is 13.1. The molecule has 0 saturated carbocycles. The Hall–Kier alpha value is -3.76. The summed E-state index contributed by atoms with van der Waals surface area (Å²) in [5, 5.41) is 0. The Morgan fingerprint density at radius 3 is 1.23 bits per heavy atom. The molecule has 10 nitrogen and oxygen atoms in total. The SMILES string of the molecule is CC(C)[N+](C)(CC(=O)CCCCCCC(=O)C[N+](C)(Cc1ccccc1OC(=O)N(C)C)C(C)C)Cc1ccccc1OC(=O)N(C)C. The topological polar surface area (TPSA) is 93.2 Å². The van der Waals surface area contributed by atoms with Crippen molar-refractivity contribution in [3.8, 4) is 11.5 Å². The smallest absolute Gasteiger partial charge is 0.410 e. The van der Waals surface area contributed by atoms with E-state index in [1.165, 1.54) is 9.80 Å². The lowest BCUT2D eigenvalue weighted by atomic mass is 10.0. The second kappa shape index (κ2) is 18.7. The molecule has 0 N–H and O–H groups in total. The molecule has 0 saturated heterocycles. The van der Waals surface area contributed by atoms with Gasteiger partial charge in [-0.25, -0.2) is 9.59 Å². The van der Waals surface area contributed by atoms with Gasteiger partial charge in [0.05, 0.1) is 26.2 Å². The molecule has 2 amide bonds. The molecule has 2 aromatic rings. The molecule has 2 aromatic carbocycles. The van der Waals surface area contributed by atoms with Crippen molar-refractivity contribution in [1.82, 2.24) is 9.80 Å². The molecular formula is C38H60N4O6+2. The van der Waals surface area contributed by atoms with E-state index in [1.54, 1.807) is 40.3 Å². The molecule has 266 valence electrons. The van der Waals surface area contributed by atoms with Gasteiger partial charge in [0.2, 0.25) is 0 Å². The number of Topliss-reactive ketones (excluding diaryl/α,β-unsaturated/α-hetero) is 2. The Labute approximate surface area is 288 Å². The summed E-state index contributed by atoms with van der Waals surface area (Å²) in [5.74, 6) is 1.47. The highest BCUT2D eigenvalue weighted by atomic mass is 16.6. The summed E-state index contributed by atoms with van der Waals surface area (Å²) in [5.41, 5.74) is 1.79. The van der Waals surface area contributed by atoms with Gasteiger partial charge < -0.3 is 28.2 Å². The zero-order chi connectivity index (χ0) is 36.1. The monoisotopic (exact) mass is 668 g/mol. The number of hydrogen-bond donors (Lipinski definition) is 0. The highest BCUT2D eigenvalue weighted by Crippen LogP contribution is 2.27. The van der Waals surface area contributed by atoms with Gasteiger partial charge in [0.15, 0.2) is 11.6 Å². The number of hydrogen-bond acceptors (Lipinski definition) is 6. The molecule has 0 bridgehead atoms. The maximum Gasteiger partial charge on any atom is 0.414 e. The maximum absolute atomic E-state index is 13.1. The number of unbranched alkanes of at least 4 members (excludes halogenated alkanes) is 3. The fraction of sp³-hybridized carbons (Fsp3) is 0.579. The Bertz CT molecular complexity index is 1270. The first kappa shape index (κ1) is 40.4. The molecule has 48 heavy (non-hydrogen) atoms. The van der Waals surface area contributed by atoms with Crippen LogP contribution < -0.4 is 9.47 Å². The fourth-order valence-electron chi connectivity index (χ4n) is 5.42. The van der Waals surface area contributed by atoms with Crippen molar-refractivity contribution >= 4 is 23.8 Å². The highest BCUT2D eigenvalue weighted by molar-refractivity contribution is 5.80. The number of ether oxygens (including phenoxy) is 2. The van der Waals surface area contributed by atoms with Crippen molar-refractivity contribution in [3.05, 3.63) is 59.7 Å². The Balaban J connectivity index is 1.86. The van der Waals surface area contributed by atoms with Crippen molar-refractivity contribution < 1.29 is 37.6 Å². The molecule has 0 fully saturated rings. The van der Waals surface area contributed by atoms with E-state index in [9.17, 15) is 19.2 Å². The van der Waals surface area contributed by atoms with Crippen LogP contribution in [0.25, 0.3) is 0 Å². The molecule has 0 aliphatic rings. The Morgan fingerprint density at radius 1 is 0.583 bits per heavy atom. The lowest BCUT2D eigenvalue weighted by Crippen LogP contribution is -2.52. The number of nitrogens with zero attached hydrogens (tertiary/aromatic N) is 4. The van der Waals surface area contributed by atoms with Crippen LogP contribution in [0, 0.1) is 0 Å². The van der Waals surface area contributed by atoms with Gasteiger partial charge in [0, 0.05) is 52.2 Å². The van der Waals surface area contributed by atoms with Gasteiger partial charge in [-0.15, -0.1) is 0 Å². The van der Waals surface area contributed by atoms with Crippen LogP contribution in [0.15, 0.2) is 48.5 Å². The Morgan fingerprint density at radius 2 is 0.917 bits per heavy atom. The van der Waals surface area contributed by atoms with E-state index in [-0.39, 0.29) is 23.7 Å². The van der Waals surface area contributed by atoms with Crippen LogP contribution in [0.4, 0.5) is 9.59 Å². The van der Waals surface area contributed by atoms with E-state index in [2.05, 4.69) is 41.8 Å². The molecule has 2 unspecified atom stereocenters. The lowest BCUT2D eigenvalue weighted by Gasteiger charge is -2.38. The number of amides is 2.